The topological polar surface area (TPSA) is 21.3 Å². The largest absolute Gasteiger partial charge is 0.489 e. The molecule has 0 heterocycles. The third-order valence-corrected chi connectivity index (χ3v) is 3.32. The van der Waals surface area contributed by atoms with Gasteiger partial charge >= 0.3 is 0 Å². The molecule has 2 rings (SSSR count). The standard InChI is InChI=1S/C19H23NO/c1-3-13-20-19(4-2)17-11-8-12-18(14-17)21-15-16-9-6-5-7-10-16/h4-12,14,19-20H,2-3,13,15H2,1H3. The second-order valence-corrected chi connectivity index (χ2v) is 5.01. The lowest BCUT2D eigenvalue weighted by molar-refractivity contribution is 0.305. The summed E-state index contributed by atoms with van der Waals surface area (Å²) < 4.78 is 5.87. The molecule has 0 spiro atoms. The first-order valence-electron chi connectivity index (χ1n) is 7.46. The number of ether oxygens (including phenoxy) is 1. The van der Waals surface area contributed by atoms with E-state index in [0.717, 1.165) is 18.7 Å². The lowest BCUT2D eigenvalue weighted by Crippen LogP contribution is -2.20. The van der Waals surface area contributed by atoms with Gasteiger partial charge in [-0.25, -0.2) is 0 Å². The zero-order valence-electron chi connectivity index (χ0n) is 12.6. The first-order valence-corrected chi connectivity index (χ1v) is 7.46. The van der Waals surface area contributed by atoms with E-state index in [0.29, 0.717) is 6.61 Å². The van der Waals surface area contributed by atoms with E-state index in [1.54, 1.807) is 0 Å². The molecule has 0 aliphatic heterocycles. The monoisotopic (exact) mass is 281 g/mol. The Morgan fingerprint density at radius 2 is 1.95 bits per heavy atom. The van der Waals surface area contributed by atoms with Crippen molar-refractivity contribution in [3.8, 4) is 5.75 Å². The van der Waals surface area contributed by atoms with Crippen LogP contribution in [-0.4, -0.2) is 6.54 Å². The fraction of sp³-hybridized carbons (Fsp3) is 0.263. The van der Waals surface area contributed by atoms with E-state index in [1.807, 2.05) is 36.4 Å². The molecule has 0 amide bonds. The highest BCUT2D eigenvalue weighted by molar-refractivity contribution is 5.32. The molecule has 1 atom stereocenters. The van der Waals surface area contributed by atoms with Crippen molar-refractivity contribution in [3.63, 3.8) is 0 Å². The van der Waals surface area contributed by atoms with Crippen LogP contribution in [0.5, 0.6) is 5.75 Å². The second kappa shape index (κ2) is 8.28. The summed E-state index contributed by atoms with van der Waals surface area (Å²) in [6.45, 7) is 7.64. The van der Waals surface area contributed by atoms with Crippen LogP contribution in [0.2, 0.25) is 0 Å². The molecule has 21 heavy (non-hydrogen) atoms. The van der Waals surface area contributed by atoms with Gasteiger partial charge in [0.05, 0.1) is 6.04 Å². The summed E-state index contributed by atoms with van der Waals surface area (Å²) in [7, 11) is 0. The minimum Gasteiger partial charge on any atom is -0.489 e. The van der Waals surface area contributed by atoms with Gasteiger partial charge < -0.3 is 10.1 Å². The molecule has 1 N–H and O–H groups in total. The van der Waals surface area contributed by atoms with Gasteiger partial charge in [-0.15, -0.1) is 6.58 Å². The van der Waals surface area contributed by atoms with E-state index >= 15 is 0 Å². The fourth-order valence-corrected chi connectivity index (χ4v) is 2.18. The quantitative estimate of drug-likeness (QED) is 0.720. The van der Waals surface area contributed by atoms with Crippen molar-refractivity contribution in [3.05, 3.63) is 78.4 Å². The lowest BCUT2D eigenvalue weighted by Gasteiger charge is -2.16. The van der Waals surface area contributed by atoms with Crippen LogP contribution in [0, 0.1) is 0 Å². The van der Waals surface area contributed by atoms with Gasteiger partial charge in [-0.2, -0.15) is 0 Å². The fourth-order valence-electron chi connectivity index (χ4n) is 2.18. The van der Waals surface area contributed by atoms with Crippen LogP contribution in [-0.2, 0) is 6.61 Å². The smallest absolute Gasteiger partial charge is 0.120 e. The van der Waals surface area contributed by atoms with Crippen molar-refractivity contribution in [1.82, 2.24) is 5.32 Å². The van der Waals surface area contributed by atoms with Crippen LogP contribution in [0.15, 0.2) is 67.3 Å². The molecule has 110 valence electrons. The van der Waals surface area contributed by atoms with Gasteiger partial charge in [-0.3, -0.25) is 0 Å². The van der Waals surface area contributed by atoms with Gasteiger partial charge in [0.25, 0.3) is 0 Å². The van der Waals surface area contributed by atoms with Crippen molar-refractivity contribution in [2.75, 3.05) is 6.54 Å². The highest BCUT2D eigenvalue weighted by Crippen LogP contribution is 2.21. The Bertz CT molecular complexity index is 551. The number of hydrogen-bond donors (Lipinski definition) is 1. The Kier molecular flexibility index (Phi) is 6.04. The zero-order valence-corrected chi connectivity index (χ0v) is 12.6. The van der Waals surface area contributed by atoms with E-state index in [9.17, 15) is 0 Å². The minimum atomic E-state index is 0.172. The molecule has 0 saturated carbocycles. The van der Waals surface area contributed by atoms with Crippen LogP contribution in [0.4, 0.5) is 0 Å². The molecular weight excluding hydrogens is 258 g/mol. The van der Waals surface area contributed by atoms with Crippen molar-refractivity contribution in [1.29, 1.82) is 0 Å². The van der Waals surface area contributed by atoms with E-state index in [4.69, 9.17) is 4.74 Å². The summed E-state index contributed by atoms with van der Waals surface area (Å²) >= 11 is 0. The van der Waals surface area contributed by atoms with Crippen molar-refractivity contribution in [2.45, 2.75) is 26.0 Å². The molecule has 1 unspecified atom stereocenters. The Balaban J connectivity index is 2.01. The van der Waals surface area contributed by atoms with Gasteiger partial charge in [0.15, 0.2) is 0 Å². The Morgan fingerprint density at radius 3 is 2.67 bits per heavy atom. The maximum absolute atomic E-state index is 5.87. The number of hydrogen-bond acceptors (Lipinski definition) is 2. The van der Waals surface area contributed by atoms with Crippen molar-refractivity contribution < 1.29 is 4.74 Å². The first-order chi connectivity index (χ1) is 10.3. The van der Waals surface area contributed by atoms with Gasteiger partial charge in [0.1, 0.15) is 12.4 Å². The molecule has 0 aromatic heterocycles. The molecule has 2 nitrogen and oxygen atoms in total. The molecule has 0 radical (unpaired) electrons. The van der Waals surface area contributed by atoms with Crippen LogP contribution in [0.1, 0.15) is 30.5 Å². The first kappa shape index (κ1) is 15.3. The molecule has 0 saturated heterocycles. The van der Waals surface area contributed by atoms with Gasteiger partial charge in [0.2, 0.25) is 0 Å². The Labute approximate surface area is 127 Å². The average Bonchev–Trinajstić information content (AvgIpc) is 2.55. The number of rotatable bonds is 8. The predicted molar refractivity (Wildman–Crippen MR) is 88.4 cm³/mol. The van der Waals surface area contributed by atoms with Crippen LogP contribution in [0.25, 0.3) is 0 Å². The number of nitrogens with one attached hydrogen (secondary N) is 1. The highest BCUT2D eigenvalue weighted by Gasteiger charge is 2.07. The zero-order chi connectivity index (χ0) is 14.9. The maximum atomic E-state index is 5.87. The van der Waals surface area contributed by atoms with Crippen LogP contribution >= 0.6 is 0 Å². The molecule has 0 bridgehead atoms. The lowest BCUT2D eigenvalue weighted by atomic mass is 10.1. The van der Waals surface area contributed by atoms with Gasteiger partial charge in [0, 0.05) is 0 Å². The Hall–Kier alpha value is -2.06. The average molecular weight is 281 g/mol. The summed E-state index contributed by atoms with van der Waals surface area (Å²) in [5.41, 5.74) is 2.36. The molecule has 2 heteroatoms. The molecule has 2 aromatic carbocycles. The predicted octanol–water partition coefficient (Wildman–Crippen LogP) is 4.49. The summed E-state index contributed by atoms with van der Waals surface area (Å²) in [4.78, 5) is 0. The van der Waals surface area contributed by atoms with E-state index in [2.05, 4.69) is 43.1 Å². The Morgan fingerprint density at radius 1 is 1.14 bits per heavy atom. The highest BCUT2D eigenvalue weighted by atomic mass is 16.5. The second-order valence-electron chi connectivity index (χ2n) is 5.01. The van der Waals surface area contributed by atoms with E-state index in [-0.39, 0.29) is 6.04 Å². The summed E-state index contributed by atoms with van der Waals surface area (Å²) in [6.07, 6.45) is 3.04. The number of benzene rings is 2. The third kappa shape index (κ3) is 4.76. The third-order valence-electron chi connectivity index (χ3n) is 3.32. The minimum absolute atomic E-state index is 0.172. The van der Waals surface area contributed by atoms with Crippen LogP contribution < -0.4 is 10.1 Å². The molecule has 0 fully saturated rings. The maximum Gasteiger partial charge on any atom is 0.120 e. The summed E-state index contributed by atoms with van der Waals surface area (Å²) in [5.74, 6) is 0.890. The van der Waals surface area contributed by atoms with Crippen LogP contribution in [0.3, 0.4) is 0 Å². The molecule has 0 aliphatic carbocycles. The van der Waals surface area contributed by atoms with E-state index in [1.165, 1.54) is 11.1 Å². The van der Waals surface area contributed by atoms with Gasteiger partial charge in [-0.1, -0.05) is 55.5 Å². The normalized spacial score (nSPS) is 11.9. The van der Waals surface area contributed by atoms with E-state index < -0.39 is 0 Å². The summed E-state index contributed by atoms with van der Waals surface area (Å²) in [5, 5.41) is 3.46. The summed E-state index contributed by atoms with van der Waals surface area (Å²) in [6, 6.07) is 18.6. The molecular formula is C19H23NO. The molecule has 0 aliphatic rings. The van der Waals surface area contributed by atoms with Crippen molar-refractivity contribution >= 4 is 0 Å². The SMILES string of the molecule is C=CC(NCCC)c1cccc(OCc2ccccc2)c1. The molecule has 2 aromatic rings. The van der Waals surface area contributed by atoms with Crippen molar-refractivity contribution in [2.24, 2.45) is 0 Å². The van der Waals surface area contributed by atoms with Gasteiger partial charge in [-0.05, 0) is 36.2 Å².